The smallest absolute Gasteiger partial charge is 0.341 e. The van der Waals surface area contributed by atoms with E-state index in [4.69, 9.17) is 9.47 Å². The van der Waals surface area contributed by atoms with Crippen LogP contribution in [-0.2, 0) is 35.3 Å². The van der Waals surface area contributed by atoms with E-state index >= 15 is 0 Å². The largest absolute Gasteiger partial charge is 0.483 e. The molecule has 1 aromatic carbocycles. The number of nitrogens with one attached hydrogen (secondary N) is 1. The topological polar surface area (TPSA) is 95.3 Å². The first kappa shape index (κ1) is 26.0. The number of esters is 1. The molecule has 0 bridgehead atoms. The first-order chi connectivity index (χ1) is 17.4. The highest BCUT2D eigenvalue weighted by molar-refractivity contribution is 7.99. The first-order valence-electron chi connectivity index (χ1n) is 11.9. The lowest BCUT2D eigenvalue weighted by Gasteiger charge is -2.16. The lowest BCUT2D eigenvalue weighted by atomic mass is 10.1. The van der Waals surface area contributed by atoms with Crippen LogP contribution in [0.1, 0.15) is 58.6 Å². The van der Waals surface area contributed by atoms with Crippen molar-refractivity contribution in [3.63, 3.8) is 0 Å². The zero-order valence-electron chi connectivity index (χ0n) is 20.7. The van der Waals surface area contributed by atoms with Gasteiger partial charge in [-0.05, 0) is 55.9 Å². The molecule has 0 saturated carbocycles. The van der Waals surface area contributed by atoms with Crippen LogP contribution < -0.4 is 10.1 Å². The summed E-state index contributed by atoms with van der Waals surface area (Å²) in [5, 5.41) is 12.7. The molecular weight excluding hydrogens is 496 g/mol. The van der Waals surface area contributed by atoms with Crippen molar-refractivity contribution in [3.05, 3.63) is 64.3 Å². The molecule has 2 heterocycles. The van der Waals surface area contributed by atoms with Crippen LogP contribution in [0.3, 0.4) is 0 Å². The second kappa shape index (κ2) is 11.7. The van der Waals surface area contributed by atoms with Gasteiger partial charge in [0.2, 0.25) is 5.91 Å². The number of hydrogen-bond donors (Lipinski definition) is 1. The second-order valence-electron chi connectivity index (χ2n) is 8.39. The number of hydrogen-bond acceptors (Lipinski definition) is 8. The zero-order valence-corrected chi connectivity index (χ0v) is 22.3. The molecule has 0 fully saturated rings. The van der Waals surface area contributed by atoms with E-state index in [1.54, 1.807) is 6.08 Å². The maximum absolute atomic E-state index is 12.8. The Morgan fingerprint density at radius 1 is 1.28 bits per heavy atom. The van der Waals surface area contributed by atoms with E-state index in [9.17, 15) is 9.59 Å². The van der Waals surface area contributed by atoms with Crippen LogP contribution in [0.25, 0.3) is 0 Å². The number of nitrogens with zero attached hydrogens (tertiary/aromatic N) is 3. The molecule has 0 aliphatic heterocycles. The van der Waals surface area contributed by atoms with Gasteiger partial charge >= 0.3 is 5.97 Å². The van der Waals surface area contributed by atoms with E-state index in [2.05, 4.69) is 29.0 Å². The van der Waals surface area contributed by atoms with Crippen molar-refractivity contribution in [3.8, 4) is 5.75 Å². The number of carbonyl (C=O) groups is 2. The number of aromatic nitrogens is 3. The van der Waals surface area contributed by atoms with Gasteiger partial charge in [0, 0.05) is 11.4 Å². The standard InChI is InChI=1S/C26H30N4O4S2/c1-5-14-30-23(16(3)34-18-12-10-17(6-2)11-13-18)28-29-26(30)35-15-21(31)27-24-22(25(32)33-4)19-8-7-9-20(19)36-24/h5,10-13,16H,1,6-9,14-15H2,2-4H3,(H,27,31). The van der Waals surface area contributed by atoms with Gasteiger partial charge in [0.05, 0.1) is 18.4 Å². The summed E-state index contributed by atoms with van der Waals surface area (Å²) in [5.41, 5.74) is 2.74. The van der Waals surface area contributed by atoms with E-state index in [0.717, 1.165) is 41.9 Å². The Kier molecular flexibility index (Phi) is 8.48. The maximum atomic E-state index is 12.8. The van der Waals surface area contributed by atoms with Crippen LogP contribution in [-0.4, -0.2) is 39.5 Å². The quantitative estimate of drug-likeness (QED) is 0.208. The number of ether oxygens (including phenoxy) is 2. The Labute approximate surface area is 219 Å². The van der Waals surface area contributed by atoms with Crippen molar-refractivity contribution in [2.24, 2.45) is 0 Å². The van der Waals surface area contributed by atoms with E-state index in [0.29, 0.717) is 28.1 Å². The molecule has 36 heavy (non-hydrogen) atoms. The molecule has 1 atom stereocenters. The third-order valence-electron chi connectivity index (χ3n) is 5.96. The lowest BCUT2D eigenvalue weighted by molar-refractivity contribution is -0.113. The van der Waals surface area contributed by atoms with Gasteiger partial charge in [0.25, 0.3) is 0 Å². The third-order valence-corrected chi connectivity index (χ3v) is 8.14. The summed E-state index contributed by atoms with van der Waals surface area (Å²) in [5.74, 6) is 0.892. The van der Waals surface area contributed by atoms with E-state index in [1.165, 1.54) is 35.8 Å². The van der Waals surface area contributed by atoms with Crippen molar-refractivity contribution in [1.29, 1.82) is 0 Å². The number of allylic oxidation sites excluding steroid dienone is 1. The summed E-state index contributed by atoms with van der Waals surface area (Å²) >= 11 is 2.74. The van der Waals surface area contributed by atoms with E-state index in [1.807, 2.05) is 35.8 Å². The van der Waals surface area contributed by atoms with Crippen molar-refractivity contribution in [2.75, 3.05) is 18.2 Å². The minimum Gasteiger partial charge on any atom is -0.483 e. The SMILES string of the molecule is C=CCn1c(SCC(=O)Nc2sc3c(c2C(=O)OC)CCC3)nnc1C(C)Oc1ccc(CC)cc1. The molecule has 2 aromatic heterocycles. The number of anilines is 1. The number of aryl methyl sites for hydroxylation is 2. The lowest BCUT2D eigenvalue weighted by Crippen LogP contribution is -2.17. The fourth-order valence-corrected chi connectivity index (χ4v) is 6.22. The molecule has 0 saturated heterocycles. The summed E-state index contributed by atoms with van der Waals surface area (Å²) in [7, 11) is 1.36. The van der Waals surface area contributed by atoms with Crippen molar-refractivity contribution in [2.45, 2.75) is 57.3 Å². The van der Waals surface area contributed by atoms with Gasteiger partial charge < -0.3 is 14.8 Å². The van der Waals surface area contributed by atoms with Crippen LogP contribution in [0.15, 0.2) is 42.1 Å². The fraction of sp³-hybridized carbons (Fsp3) is 0.385. The molecule has 1 aliphatic carbocycles. The number of fused-ring (bicyclic) bond motifs is 1. The van der Waals surface area contributed by atoms with Crippen LogP contribution in [0, 0.1) is 0 Å². The first-order valence-corrected chi connectivity index (χ1v) is 13.7. The molecule has 8 nitrogen and oxygen atoms in total. The minimum atomic E-state index is -0.411. The molecule has 1 aliphatic rings. The molecule has 1 unspecified atom stereocenters. The molecule has 4 rings (SSSR count). The number of amides is 1. The molecule has 1 N–H and O–H groups in total. The predicted molar refractivity (Wildman–Crippen MR) is 142 cm³/mol. The van der Waals surface area contributed by atoms with Gasteiger partial charge in [-0.2, -0.15) is 0 Å². The highest BCUT2D eigenvalue weighted by Gasteiger charge is 2.28. The summed E-state index contributed by atoms with van der Waals surface area (Å²) in [6.45, 7) is 8.36. The molecule has 1 amide bonds. The van der Waals surface area contributed by atoms with Crippen molar-refractivity contribution >= 4 is 40.0 Å². The number of thiophene rings is 1. The molecule has 3 aromatic rings. The van der Waals surface area contributed by atoms with Gasteiger partial charge in [-0.25, -0.2) is 4.79 Å². The highest BCUT2D eigenvalue weighted by atomic mass is 32.2. The van der Waals surface area contributed by atoms with Crippen LogP contribution in [0.5, 0.6) is 5.75 Å². The Morgan fingerprint density at radius 2 is 2.06 bits per heavy atom. The average Bonchev–Trinajstić information content (AvgIpc) is 3.58. The average molecular weight is 527 g/mol. The van der Waals surface area contributed by atoms with Crippen LogP contribution in [0.2, 0.25) is 0 Å². The minimum absolute atomic E-state index is 0.117. The van der Waals surface area contributed by atoms with Crippen LogP contribution >= 0.6 is 23.1 Å². The normalized spacial score (nSPS) is 13.2. The van der Waals surface area contributed by atoms with Gasteiger partial charge in [-0.3, -0.25) is 9.36 Å². The monoisotopic (exact) mass is 526 g/mol. The maximum Gasteiger partial charge on any atom is 0.341 e. The van der Waals surface area contributed by atoms with Gasteiger partial charge in [0.1, 0.15) is 10.8 Å². The molecule has 10 heteroatoms. The van der Waals surface area contributed by atoms with Crippen molar-refractivity contribution in [1.82, 2.24) is 14.8 Å². The second-order valence-corrected chi connectivity index (χ2v) is 10.4. The zero-order chi connectivity index (χ0) is 25.7. The van der Waals surface area contributed by atoms with Crippen LogP contribution in [0.4, 0.5) is 5.00 Å². The van der Waals surface area contributed by atoms with Gasteiger partial charge in [-0.15, -0.1) is 28.1 Å². The number of thioether (sulfide) groups is 1. The van der Waals surface area contributed by atoms with Gasteiger partial charge in [0.15, 0.2) is 17.1 Å². The van der Waals surface area contributed by atoms with E-state index in [-0.39, 0.29) is 17.8 Å². The molecule has 0 radical (unpaired) electrons. The predicted octanol–water partition coefficient (Wildman–Crippen LogP) is 5.23. The number of rotatable bonds is 11. The number of benzene rings is 1. The molecule has 0 spiro atoms. The summed E-state index contributed by atoms with van der Waals surface area (Å²) in [6.07, 6.45) is 5.15. The Hall–Kier alpha value is -3.11. The van der Waals surface area contributed by atoms with Crippen molar-refractivity contribution < 1.29 is 19.1 Å². The molecular formula is C26H30N4O4S2. The summed E-state index contributed by atoms with van der Waals surface area (Å²) < 4.78 is 13.0. The van der Waals surface area contributed by atoms with Gasteiger partial charge in [-0.1, -0.05) is 36.9 Å². The summed E-state index contributed by atoms with van der Waals surface area (Å²) in [4.78, 5) is 26.3. The fourth-order valence-electron chi connectivity index (χ4n) is 4.17. The highest BCUT2D eigenvalue weighted by Crippen LogP contribution is 2.39. The molecule has 190 valence electrons. The van der Waals surface area contributed by atoms with E-state index < -0.39 is 5.97 Å². The number of methoxy groups -OCH3 is 1. The Balaban J connectivity index is 1.43. The third kappa shape index (κ3) is 5.65. The Bertz CT molecular complexity index is 1250. The summed E-state index contributed by atoms with van der Waals surface area (Å²) in [6, 6.07) is 7.99. The number of carbonyl (C=O) groups excluding carboxylic acids is 2. The Morgan fingerprint density at radius 3 is 2.75 bits per heavy atom.